The van der Waals surface area contributed by atoms with Gasteiger partial charge in [-0.25, -0.2) is 4.79 Å². The zero-order valence-corrected chi connectivity index (χ0v) is 13.1. The lowest BCUT2D eigenvalue weighted by Crippen LogP contribution is -2.24. The number of rotatable bonds is 5. The first-order valence-electron chi connectivity index (χ1n) is 7.13. The fourth-order valence-electron chi connectivity index (χ4n) is 2.06. The number of hydrogen-bond donors (Lipinski definition) is 3. The molecule has 0 bridgehead atoms. The third-order valence-corrected chi connectivity index (χ3v) is 3.20. The maximum atomic E-state index is 12.1. The molecule has 2 rings (SSSR count). The third-order valence-electron chi connectivity index (χ3n) is 3.20. The van der Waals surface area contributed by atoms with E-state index in [0.717, 1.165) is 5.56 Å². The fourth-order valence-corrected chi connectivity index (χ4v) is 2.06. The largest absolute Gasteiger partial charge is 0.496 e. The van der Waals surface area contributed by atoms with Crippen molar-refractivity contribution in [1.29, 1.82) is 0 Å². The van der Waals surface area contributed by atoms with E-state index in [1.807, 2.05) is 24.3 Å². The lowest BCUT2D eigenvalue weighted by molar-refractivity contribution is -0.115. The smallest absolute Gasteiger partial charge is 0.318 e. The molecule has 23 heavy (non-hydrogen) atoms. The van der Waals surface area contributed by atoms with E-state index in [-0.39, 0.29) is 18.4 Å². The van der Waals surface area contributed by atoms with E-state index in [9.17, 15) is 9.59 Å². The van der Waals surface area contributed by atoms with Crippen LogP contribution in [0.4, 0.5) is 16.2 Å². The van der Waals surface area contributed by atoms with Crippen LogP contribution < -0.4 is 20.7 Å². The molecular formula is C17H19N3O3. The maximum Gasteiger partial charge on any atom is 0.318 e. The molecule has 0 aliphatic heterocycles. The molecule has 0 atom stereocenters. The minimum Gasteiger partial charge on any atom is -0.496 e. The number of nitrogens with one attached hydrogen (secondary N) is 3. The van der Waals surface area contributed by atoms with Gasteiger partial charge in [0.25, 0.3) is 0 Å². The molecule has 6 heteroatoms. The molecule has 0 saturated carbocycles. The van der Waals surface area contributed by atoms with Gasteiger partial charge in [0.05, 0.1) is 13.5 Å². The molecule has 0 aromatic heterocycles. The predicted octanol–water partition coefficient (Wildman–Crippen LogP) is 2.63. The highest BCUT2D eigenvalue weighted by Crippen LogP contribution is 2.19. The van der Waals surface area contributed by atoms with Crippen LogP contribution in [0.25, 0.3) is 0 Å². The van der Waals surface area contributed by atoms with Gasteiger partial charge in [-0.2, -0.15) is 0 Å². The average molecular weight is 313 g/mol. The van der Waals surface area contributed by atoms with Gasteiger partial charge in [-0.05, 0) is 30.3 Å². The number of hydrogen-bond acceptors (Lipinski definition) is 3. The van der Waals surface area contributed by atoms with Crippen molar-refractivity contribution in [2.45, 2.75) is 6.42 Å². The van der Waals surface area contributed by atoms with Crippen LogP contribution in [-0.2, 0) is 11.2 Å². The Morgan fingerprint density at radius 3 is 2.17 bits per heavy atom. The molecule has 2 aromatic rings. The molecule has 3 N–H and O–H groups in total. The lowest BCUT2D eigenvalue weighted by Gasteiger charge is -2.10. The van der Waals surface area contributed by atoms with Crippen molar-refractivity contribution in [1.82, 2.24) is 5.32 Å². The summed E-state index contributed by atoms with van der Waals surface area (Å²) >= 11 is 0. The molecule has 0 unspecified atom stereocenters. The summed E-state index contributed by atoms with van der Waals surface area (Å²) in [5.74, 6) is 0.550. The van der Waals surface area contributed by atoms with Gasteiger partial charge in [0.2, 0.25) is 5.91 Å². The van der Waals surface area contributed by atoms with E-state index in [1.165, 1.54) is 0 Å². The summed E-state index contributed by atoms with van der Waals surface area (Å²) in [5, 5.41) is 7.93. The van der Waals surface area contributed by atoms with Crippen molar-refractivity contribution >= 4 is 23.3 Å². The topological polar surface area (TPSA) is 79.5 Å². The van der Waals surface area contributed by atoms with Gasteiger partial charge in [0, 0.05) is 24.0 Å². The Labute approximate surface area is 134 Å². The minimum atomic E-state index is -0.294. The highest BCUT2D eigenvalue weighted by atomic mass is 16.5. The first-order valence-corrected chi connectivity index (χ1v) is 7.13. The summed E-state index contributed by atoms with van der Waals surface area (Å²) in [4.78, 5) is 23.3. The van der Waals surface area contributed by atoms with E-state index in [1.54, 1.807) is 38.4 Å². The molecule has 3 amide bonds. The number of ether oxygens (including phenoxy) is 1. The number of anilines is 2. The van der Waals surface area contributed by atoms with Gasteiger partial charge in [-0.1, -0.05) is 18.2 Å². The van der Waals surface area contributed by atoms with Crippen molar-refractivity contribution < 1.29 is 14.3 Å². The van der Waals surface area contributed by atoms with Gasteiger partial charge in [-0.3, -0.25) is 4.79 Å². The lowest BCUT2D eigenvalue weighted by atomic mass is 10.1. The summed E-state index contributed by atoms with van der Waals surface area (Å²) in [7, 11) is 3.12. The predicted molar refractivity (Wildman–Crippen MR) is 89.8 cm³/mol. The fraction of sp³-hybridized carbons (Fsp3) is 0.176. The van der Waals surface area contributed by atoms with Crippen LogP contribution in [0.2, 0.25) is 0 Å². The Morgan fingerprint density at radius 2 is 1.57 bits per heavy atom. The maximum absolute atomic E-state index is 12.1. The summed E-state index contributed by atoms with van der Waals surface area (Å²) < 4.78 is 5.23. The number of methoxy groups -OCH3 is 1. The van der Waals surface area contributed by atoms with Crippen molar-refractivity contribution in [3.63, 3.8) is 0 Å². The average Bonchev–Trinajstić information content (AvgIpc) is 2.57. The normalized spacial score (nSPS) is 9.83. The van der Waals surface area contributed by atoms with Crippen LogP contribution in [0, 0.1) is 0 Å². The van der Waals surface area contributed by atoms with E-state index >= 15 is 0 Å². The van der Waals surface area contributed by atoms with Crippen LogP contribution in [0.1, 0.15) is 5.56 Å². The number of amides is 3. The quantitative estimate of drug-likeness (QED) is 0.794. The summed E-state index contributed by atoms with van der Waals surface area (Å²) in [6.45, 7) is 0. The van der Waals surface area contributed by atoms with Gasteiger partial charge in [-0.15, -0.1) is 0 Å². The number of carbonyl (C=O) groups excluding carboxylic acids is 2. The number of benzene rings is 2. The molecule has 6 nitrogen and oxygen atoms in total. The van der Waals surface area contributed by atoms with Crippen LogP contribution in [0.3, 0.4) is 0 Å². The Hall–Kier alpha value is -3.02. The van der Waals surface area contributed by atoms with E-state index in [4.69, 9.17) is 4.74 Å². The molecule has 0 heterocycles. The Morgan fingerprint density at radius 1 is 0.957 bits per heavy atom. The van der Waals surface area contributed by atoms with Crippen LogP contribution >= 0.6 is 0 Å². The van der Waals surface area contributed by atoms with Crippen LogP contribution in [-0.4, -0.2) is 26.1 Å². The monoisotopic (exact) mass is 313 g/mol. The zero-order valence-electron chi connectivity index (χ0n) is 13.1. The first kappa shape index (κ1) is 16.4. The highest BCUT2D eigenvalue weighted by molar-refractivity contribution is 5.93. The standard InChI is InChI=1S/C17H19N3O3/c1-18-17(22)20-14-9-7-13(8-10-14)19-16(21)11-12-5-3-4-6-15(12)23-2/h3-10H,11H2,1-2H3,(H,19,21)(H2,18,20,22). The van der Waals surface area contributed by atoms with Crippen molar-refractivity contribution in [2.75, 3.05) is 24.8 Å². The zero-order chi connectivity index (χ0) is 16.7. The third kappa shape index (κ3) is 4.74. The molecular weight excluding hydrogens is 294 g/mol. The number of carbonyl (C=O) groups is 2. The number of urea groups is 1. The summed E-state index contributed by atoms with van der Waals surface area (Å²) in [5.41, 5.74) is 2.13. The molecule has 0 spiro atoms. The highest BCUT2D eigenvalue weighted by Gasteiger charge is 2.08. The molecule has 0 aliphatic rings. The van der Waals surface area contributed by atoms with Crippen molar-refractivity contribution in [2.24, 2.45) is 0 Å². The first-order chi connectivity index (χ1) is 11.1. The number of para-hydroxylation sites is 1. The van der Waals surface area contributed by atoms with E-state index in [2.05, 4.69) is 16.0 Å². The summed E-state index contributed by atoms with van der Waals surface area (Å²) in [6, 6.07) is 14.0. The van der Waals surface area contributed by atoms with Gasteiger partial charge in [0.1, 0.15) is 5.75 Å². The van der Waals surface area contributed by atoms with Crippen LogP contribution in [0.15, 0.2) is 48.5 Å². The second-order valence-corrected chi connectivity index (χ2v) is 4.82. The molecule has 0 radical (unpaired) electrons. The van der Waals surface area contributed by atoms with E-state index in [0.29, 0.717) is 17.1 Å². The molecule has 0 aliphatic carbocycles. The second-order valence-electron chi connectivity index (χ2n) is 4.82. The van der Waals surface area contributed by atoms with Crippen molar-refractivity contribution in [3.8, 4) is 5.75 Å². The van der Waals surface area contributed by atoms with E-state index < -0.39 is 0 Å². The minimum absolute atomic E-state index is 0.137. The van der Waals surface area contributed by atoms with Crippen molar-refractivity contribution in [3.05, 3.63) is 54.1 Å². The van der Waals surface area contributed by atoms with Crippen LogP contribution in [0.5, 0.6) is 5.75 Å². The Bertz CT molecular complexity index is 684. The molecule has 0 fully saturated rings. The Kier molecular flexibility index (Phi) is 5.57. The molecule has 0 saturated heterocycles. The van der Waals surface area contributed by atoms with Gasteiger partial charge in [0.15, 0.2) is 0 Å². The molecule has 120 valence electrons. The molecule has 2 aromatic carbocycles. The summed E-state index contributed by atoms with van der Waals surface area (Å²) in [6.07, 6.45) is 0.224. The van der Waals surface area contributed by atoms with Gasteiger partial charge >= 0.3 is 6.03 Å². The Balaban J connectivity index is 1.96. The van der Waals surface area contributed by atoms with Gasteiger partial charge < -0.3 is 20.7 Å². The second kappa shape index (κ2) is 7.84. The SMILES string of the molecule is CNC(=O)Nc1ccc(NC(=O)Cc2ccccc2OC)cc1.